The largest absolute Gasteiger partial charge is 0.275 e. The molecule has 2 aromatic rings. The van der Waals surface area contributed by atoms with Gasteiger partial charge >= 0.3 is 0 Å². The van der Waals surface area contributed by atoms with Gasteiger partial charge < -0.3 is 0 Å². The summed E-state index contributed by atoms with van der Waals surface area (Å²) < 4.78 is 2.56. The number of thiophene rings is 1. The second-order valence-corrected chi connectivity index (χ2v) is 5.34. The molecule has 1 unspecified atom stereocenters. The van der Waals surface area contributed by atoms with Gasteiger partial charge in [0.2, 0.25) is 0 Å². The summed E-state index contributed by atoms with van der Waals surface area (Å²) in [6.45, 7) is 0. The predicted octanol–water partition coefficient (Wildman–Crippen LogP) is 1.88. The number of nitrogens with zero attached hydrogens (tertiary/aromatic N) is 2. The summed E-state index contributed by atoms with van der Waals surface area (Å²) in [5.41, 5.74) is 3.72. The zero-order chi connectivity index (χ0) is 11.5. The second kappa shape index (κ2) is 4.97. The van der Waals surface area contributed by atoms with Crippen molar-refractivity contribution in [3.63, 3.8) is 0 Å². The maximum absolute atomic E-state index is 5.88. The number of hydrazine groups is 1. The molecule has 4 nitrogen and oxygen atoms in total. The first-order valence-corrected chi connectivity index (χ1v) is 6.08. The van der Waals surface area contributed by atoms with E-state index in [-0.39, 0.29) is 6.04 Å². The molecule has 0 aliphatic rings. The van der Waals surface area contributed by atoms with Gasteiger partial charge in [-0.1, -0.05) is 11.6 Å². The molecule has 0 aliphatic heterocycles. The number of hydrogen-bond donors (Lipinski definition) is 2. The van der Waals surface area contributed by atoms with Crippen molar-refractivity contribution in [2.45, 2.75) is 12.5 Å². The summed E-state index contributed by atoms with van der Waals surface area (Å²) in [6.07, 6.45) is 2.70. The molecular weight excluding hydrogens is 244 g/mol. The number of rotatable bonds is 4. The highest BCUT2D eigenvalue weighted by Crippen LogP contribution is 2.25. The molecule has 0 saturated heterocycles. The van der Waals surface area contributed by atoms with E-state index in [4.69, 9.17) is 17.4 Å². The van der Waals surface area contributed by atoms with Crippen LogP contribution in [0.15, 0.2) is 24.4 Å². The number of halogens is 1. The average molecular weight is 257 g/mol. The zero-order valence-electron chi connectivity index (χ0n) is 8.85. The van der Waals surface area contributed by atoms with Gasteiger partial charge in [0, 0.05) is 24.5 Å². The van der Waals surface area contributed by atoms with Crippen molar-refractivity contribution in [2.75, 3.05) is 0 Å². The Balaban J connectivity index is 2.12. The van der Waals surface area contributed by atoms with Crippen LogP contribution in [0.5, 0.6) is 0 Å². The number of aromatic nitrogens is 2. The summed E-state index contributed by atoms with van der Waals surface area (Å²) >= 11 is 7.45. The fourth-order valence-electron chi connectivity index (χ4n) is 1.53. The SMILES string of the molecule is Cn1ccc(C(Cc2ccc(Cl)s2)NN)n1. The summed E-state index contributed by atoms with van der Waals surface area (Å²) in [6, 6.07) is 5.89. The molecule has 3 N–H and O–H groups in total. The van der Waals surface area contributed by atoms with Crippen LogP contribution in [0.25, 0.3) is 0 Å². The number of nitrogens with two attached hydrogens (primary N) is 1. The molecule has 86 valence electrons. The molecular formula is C10H13ClN4S. The highest BCUT2D eigenvalue weighted by Gasteiger charge is 2.14. The van der Waals surface area contributed by atoms with E-state index in [0.717, 1.165) is 16.5 Å². The van der Waals surface area contributed by atoms with Crippen LogP contribution in [-0.2, 0) is 13.5 Å². The van der Waals surface area contributed by atoms with Crippen molar-refractivity contribution in [3.05, 3.63) is 39.3 Å². The first kappa shape index (κ1) is 11.6. The minimum absolute atomic E-state index is 0.0240. The van der Waals surface area contributed by atoms with E-state index < -0.39 is 0 Å². The molecule has 0 aliphatic carbocycles. The Hall–Kier alpha value is -0.880. The summed E-state index contributed by atoms with van der Waals surface area (Å²) in [5, 5.41) is 4.33. The van der Waals surface area contributed by atoms with E-state index in [9.17, 15) is 0 Å². The van der Waals surface area contributed by atoms with Gasteiger partial charge in [-0.15, -0.1) is 11.3 Å². The van der Waals surface area contributed by atoms with Gasteiger partial charge in [0.1, 0.15) is 0 Å². The Morgan fingerprint density at radius 1 is 1.56 bits per heavy atom. The van der Waals surface area contributed by atoms with E-state index in [1.165, 1.54) is 4.88 Å². The number of nitrogens with one attached hydrogen (secondary N) is 1. The third-order valence-electron chi connectivity index (χ3n) is 2.33. The van der Waals surface area contributed by atoms with Crippen LogP contribution in [0, 0.1) is 0 Å². The normalized spacial score (nSPS) is 12.9. The first-order valence-electron chi connectivity index (χ1n) is 4.89. The number of hydrogen-bond acceptors (Lipinski definition) is 4. The Kier molecular flexibility index (Phi) is 3.60. The van der Waals surface area contributed by atoms with Crippen molar-refractivity contribution in [1.82, 2.24) is 15.2 Å². The lowest BCUT2D eigenvalue weighted by Crippen LogP contribution is -2.29. The van der Waals surface area contributed by atoms with Gasteiger partial charge in [0.05, 0.1) is 16.1 Å². The van der Waals surface area contributed by atoms with Crippen LogP contribution < -0.4 is 11.3 Å². The van der Waals surface area contributed by atoms with Crippen LogP contribution >= 0.6 is 22.9 Å². The molecule has 0 spiro atoms. The maximum Gasteiger partial charge on any atom is 0.0931 e. The lowest BCUT2D eigenvalue weighted by molar-refractivity contribution is 0.532. The minimum atomic E-state index is 0.0240. The summed E-state index contributed by atoms with van der Waals surface area (Å²) in [4.78, 5) is 1.19. The van der Waals surface area contributed by atoms with E-state index in [2.05, 4.69) is 10.5 Å². The quantitative estimate of drug-likeness (QED) is 0.649. The van der Waals surface area contributed by atoms with Crippen LogP contribution in [0.4, 0.5) is 0 Å². The Labute approximate surface area is 103 Å². The molecule has 0 aromatic carbocycles. The lowest BCUT2D eigenvalue weighted by Gasteiger charge is -2.11. The average Bonchev–Trinajstić information content (AvgIpc) is 2.84. The van der Waals surface area contributed by atoms with E-state index in [1.807, 2.05) is 31.4 Å². The van der Waals surface area contributed by atoms with Crippen LogP contribution in [0.3, 0.4) is 0 Å². The minimum Gasteiger partial charge on any atom is -0.275 e. The van der Waals surface area contributed by atoms with Crippen molar-refractivity contribution in [3.8, 4) is 0 Å². The third-order valence-corrected chi connectivity index (χ3v) is 3.58. The summed E-state index contributed by atoms with van der Waals surface area (Å²) in [5.74, 6) is 5.54. The molecule has 6 heteroatoms. The standard InChI is InChI=1S/C10H13ClN4S/c1-15-5-4-8(14-15)9(13-12)6-7-2-3-10(11)16-7/h2-5,9,13H,6,12H2,1H3. The Morgan fingerprint density at radius 2 is 2.38 bits per heavy atom. The van der Waals surface area contributed by atoms with Gasteiger partial charge in [-0.3, -0.25) is 16.0 Å². The molecule has 2 rings (SSSR count). The molecule has 0 amide bonds. The maximum atomic E-state index is 5.88. The molecule has 1 atom stereocenters. The Bertz CT molecular complexity index is 465. The van der Waals surface area contributed by atoms with Crippen molar-refractivity contribution >= 4 is 22.9 Å². The third kappa shape index (κ3) is 2.62. The number of aryl methyl sites for hydroxylation is 1. The molecule has 0 fully saturated rings. The van der Waals surface area contributed by atoms with E-state index in [1.54, 1.807) is 16.0 Å². The topological polar surface area (TPSA) is 55.9 Å². The summed E-state index contributed by atoms with van der Waals surface area (Å²) in [7, 11) is 1.89. The Morgan fingerprint density at radius 3 is 2.88 bits per heavy atom. The molecule has 16 heavy (non-hydrogen) atoms. The van der Waals surface area contributed by atoms with Crippen LogP contribution in [0.1, 0.15) is 16.6 Å². The van der Waals surface area contributed by atoms with Gasteiger partial charge in [0.25, 0.3) is 0 Å². The molecule has 2 heterocycles. The molecule has 0 bridgehead atoms. The zero-order valence-corrected chi connectivity index (χ0v) is 10.4. The van der Waals surface area contributed by atoms with Gasteiger partial charge in [-0.2, -0.15) is 5.10 Å². The predicted molar refractivity (Wildman–Crippen MR) is 66.3 cm³/mol. The highest BCUT2D eigenvalue weighted by atomic mass is 35.5. The van der Waals surface area contributed by atoms with Gasteiger partial charge in [0.15, 0.2) is 0 Å². The monoisotopic (exact) mass is 256 g/mol. The van der Waals surface area contributed by atoms with Crippen molar-refractivity contribution in [1.29, 1.82) is 0 Å². The van der Waals surface area contributed by atoms with Crippen molar-refractivity contribution < 1.29 is 0 Å². The second-order valence-electron chi connectivity index (χ2n) is 3.54. The first-order chi connectivity index (χ1) is 7.69. The highest BCUT2D eigenvalue weighted by molar-refractivity contribution is 7.16. The fraction of sp³-hybridized carbons (Fsp3) is 0.300. The molecule has 0 radical (unpaired) electrons. The lowest BCUT2D eigenvalue weighted by atomic mass is 10.1. The fourth-order valence-corrected chi connectivity index (χ4v) is 2.66. The van der Waals surface area contributed by atoms with E-state index in [0.29, 0.717) is 0 Å². The molecule has 0 saturated carbocycles. The van der Waals surface area contributed by atoms with E-state index >= 15 is 0 Å². The molecule has 2 aromatic heterocycles. The van der Waals surface area contributed by atoms with Crippen LogP contribution in [-0.4, -0.2) is 9.78 Å². The van der Waals surface area contributed by atoms with Gasteiger partial charge in [-0.25, -0.2) is 0 Å². The van der Waals surface area contributed by atoms with Gasteiger partial charge in [-0.05, 0) is 18.2 Å². The van der Waals surface area contributed by atoms with Crippen LogP contribution in [0.2, 0.25) is 4.34 Å². The smallest absolute Gasteiger partial charge is 0.0931 e. The van der Waals surface area contributed by atoms with Crippen molar-refractivity contribution in [2.24, 2.45) is 12.9 Å².